The molecule has 1 aromatic carbocycles. The van der Waals surface area contributed by atoms with E-state index in [0.717, 1.165) is 5.56 Å². The molecule has 0 aliphatic rings. The van der Waals surface area contributed by atoms with E-state index in [9.17, 15) is 14.4 Å². The highest BCUT2D eigenvalue weighted by molar-refractivity contribution is 7.13. The van der Waals surface area contributed by atoms with Crippen LogP contribution in [0.25, 0.3) is 0 Å². The van der Waals surface area contributed by atoms with E-state index in [4.69, 9.17) is 4.74 Å². The second kappa shape index (κ2) is 9.67. The average Bonchev–Trinajstić information content (AvgIpc) is 3.07. The molecule has 0 saturated heterocycles. The van der Waals surface area contributed by atoms with Crippen LogP contribution in [0.1, 0.15) is 30.5 Å². The molecular weight excluding hydrogens is 356 g/mol. The lowest BCUT2D eigenvalue weighted by atomic mass is 9.98. The first kappa shape index (κ1) is 19.6. The lowest BCUT2D eigenvalue weighted by Crippen LogP contribution is -2.21. The van der Waals surface area contributed by atoms with E-state index in [1.807, 2.05) is 37.3 Å². The fourth-order valence-corrected chi connectivity index (χ4v) is 2.90. The summed E-state index contributed by atoms with van der Waals surface area (Å²) in [5.74, 6) is -1.33. The van der Waals surface area contributed by atoms with Crippen molar-refractivity contribution < 1.29 is 23.9 Å². The van der Waals surface area contributed by atoms with Crippen LogP contribution >= 0.6 is 11.3 Å². The number of thiazole rings is 1. The van der Waals surface area contributed by atoms with Gasteiger partial charge in [0.15, 0.2) is 11.7 Å². The minimum Gasteiger partial charge on any atom is -0.469 e. The molecule has 1 amide bonds. The highest BCUT2D eigenvalue weighted by atomic mass is 32.1. The molecule has 0 unspecified atom stereocenters. The summed E-state index contributed by atoms with van der Waals surface area (Å²) in [6.07, 6.45) is 0.229. The van der Waals surface area contributed by atoms with Crippen molar-refractivity contribution >= 4 is 34.3 Å². The zero-order valence-electron chi connectivity index (χ0n) is 14.6. The van der Waals surface area contributed by atoms with Crippen LogP contribution in [0.2, 0.25) is 0 Å². The highest BCUT2D eigenvalue weighted by Gasteiger charge is 2.15. The van der Waals surface area contributed by atoms with Gasteiger partial charge < -0.3 is 9.47 Å². The molecule has 2 aromatic rings. The van der Waals surface area contributed by atoms with Crippen molar-refractivity contribution in [2.45, 2.75) is 25.7 Å². The van der Waals surface area contributed by atoms with Gasteiger partial charge in [-0.3, -0.25) is 19.7 Å². The highest BCUT2D eigenvalue weighted by Crippen LogP contribution is 2.19. The third-order valence-electron chi connectivity index (χ3n) is 3.56. The van der Waals surface area contributed by atoms with E-state index in [0.29, 0.717) is 10.8 Å². The minimum atomic E-state index is -0.482. The largest absolute Gasteiger partial charge is 0.469 e. The summed E-state index contributed by atoms with van der Waals surface area (Å²) < 4.78 is 9.56. The van der Waals surface area contributed by atoms with E-state index in [-0.39, 0.29) is 25.4 Å². The number of rotatable bonds is 8. The Balaban J connectivity index is 1.74. The van der Waals surface area contributed by atoms with E-state index in [1.165, 1.54) is 18.4 Å². The fourth-order valence-electron chi connectivity index (χ4n) is 2.18. The summed E-state index contributed by atoms with van der Waals surface area (Å²) in [5, 5.41) is 4.52. The second-order valence-corrected chi connectivity index (χ2v) is 6.48. The van der Waals surface area contributed by atoms with E-state index in [2.05, 4.69) is 15.0 Å². The van der Waals surface area contributed by atoms with Crippen LogP contribution in [0.3, 0.4) is 0 Å². The van der Waals surface area contributed by atoms with Crippen molar-refractivity contribution in [2.75, 3.05) is 19.0 Å². The summed E-state index contributed by atoms with van der Waals surface area (Å²) in [5.41, 5.74) is 1.54. The molecule has 7 nitrogen and oxygen atoms in total. The molecule has 138 valence electrons. The number of methoxy groups -OCH3 is 1. The first-order valence-electron chi connectivity index (χ1n) is 7.99. The normalized spacial score (nSPS) is 11.5. The number of aromatic nitrogens is 1. The fraction of sp³-hybridized carbons (Fsp3) is 0.333. The number of nitrogens with zero attached hydrogens (tertiary/aromatic N) is 1. The Morgan fingerprint density at radius 1 is 1.19 bits per heavy atom. The standard InChI is InChI=1S/C18H20N2O5S/c1-12(13-6-4-3-5-7-13)8-17(23)25-10-15(21)20-18-19-14(11-26-18)9-16(22)24-2/h3-7,11-12H,8-10H2,1-2H3,(H,19,20,21)/t12-/m0/s1. The van der Waals surface area contributed by atoms with Crippen LogP contribution in [0.4, 0.5) is 5.13 Å². The summed E-state index contributed by atoms with van der Waals surface area (Å²) in [6.45, 7) is 1.54. The maximum Gasteiger partial charge on any atom is 0.311 e. The number of carbonyl (C=O) groups is 3. The Labute approximate surface area is 155 Å². The van der Waals surface area contributed by atoms with Gasteiger partial charge in [0.1, 0.15) is 0 Å². The molecule has 0 aliphatic heterocycles. The van der Waals surface area contributed by atoms with E-state index < -0.39 is 17.8 Å². The maximum atomic E-state index is 11.9. The summed E-state index contributed by atoms with van der Waals surface area (Å²) in [6, 6.07) is 9.62. The number of carbonyl (C=O) groups excluding carboxylic acids is 3. The number of esters is 2. The van der Waals surface area contributed by atoms with Crippen LogP contribution < -0.4 is 5.32 Å². The van der Waals surface area contributed by atoms with Crippen molar-refractivity contribution in [3.8, 4) is 0 Å². The second-order valence-electron chi connectivity index (χ2n) is 5.62. The maximum absolute atomic E-state index is 11.9. The lowest BCUT2D eigenvalue weighted by Gasteiger charge is -2.11. The molecule has 2 rings (SSSR count). The number of nitrogens with one attached hydrogen (secondary N) is 1. The molecule has 8 heteroatoms. The van der Waals surface area contributed by atoms with E-state index >= 15 is 0 Å². The molecule has 26 heavy (non-hydrogen) atoms. The molecule has 0 saturated carbocycles. The molecule has 1 aromatic heterocycles. The van der Waals surface area contributed by atoms with Gasteiger partial charge in [0, 0.05) is 5.38 Å². The SMILES string of the molecule is COC(=O)Cc1csc(NC(=O)COC(=O)C[C@H](C)c2ccccc2)n1. The van der Waals surface area contributed by atoms with Crippen LogP contribution in [-0.4, -0.2) is 36.5 Å². The van der Waals surface area contributed by atoms with Gasteiger partial charge in [-0.25, -0.2) is 4.98 Å². The van der Waals surface area contributed by atoms with Gasteiger partial charge in [0.25, 0.3) is 5.91 Å². The number of ether oxygens (including phenoxy) is 2. The third-order valence-corrected chi connectivity index (χ3v) is 4.36. The van der Waals surface area contributed by atoms with Crippen molar-refractivity contribution in [3.63, 3.8) is 0 Å². The molecular formula is C18H20N2O5S. The Morgan fingerprint density at radius 2 is 1.92 bits per heavy atom. The average molecular weight is 376 g/mol. The Kier molecular flexibility index (Phi) is 7.28. The van der Waals surface area contributed by atoms with Crippen molar-refractivity contribution in [2.24, 2.45) is 0 Å². The zero-order chi connectivity index (χ0) is 18.9. The van der Waals surface area contributed by atoms with Crippen LogP contribution in [0.15, 0.2) is 35.7 Å². The molecule has 1 atom stereocenters. The first-order chi connectivity index (χ1) is 12.5. The first-order valence-corrected chi connectivity index (χ1v) is 8.87. The summed E-state index contributed by atoms with van der Waals surface area (Å²) in [7, 11) is 1.30. The molecule has 0 aliphatic carbocycles. The summed E-state index contributed by atoms with van der Waals surface area (Å²) >= 11 is 1.18. The van der Waals surface area contributed by atoms with Gasteiger partial charge in [-0.1, -0.05) is 37.3 Å². The van der Waals surface area contributed by atoms with Crippen LogP contribution in [0, 0.1) is 0 Å². The van der Waals surface area contributed by atoms with Gasteiger partial charge in [0.2, 0.25) is 0 Å². The van der Waals surface area contributed by atoms with Gasteiger partial charge in [0.05, 0.1) is 25.6 Å². The quantitative estimate of drug-likeness (QED) is 0.712. The van der Waals surface area contributed by atoms with Crippen molar-refractivity contribution in [1.29, 1.82) is 0 Å². The predicted molar refractivity (Wildman–Crippen MR) is 96.9 cm³/mol. The topological polar surface area (TPSA) is 94.6 Å². The predicted octanol–water partition coefficient (Wildman–Crippen LogP) is 2.53. The molecule has 1 N–H and O–H groups in total. The van der Waals surface area contributed by atoms with Crippen LogP contribution in [-0.2, 0) is 30.3 Å². The molecule has 1 heterocycles. The van der Waals surface area contributed by atoms with E-state index in [1.54, 1.807) is 5.38 Å². The number of benzene rings is 1. The van der Waals surface area contributed by atoms with Gasteiger partial charge in [-0.05, 0) is 11.5 Å². The smallest absolute Gasteiger partial charge is 0.311 e. The van der Waals surface area contributed by atoms with Crippen molar-refractivity contribution in [3.05, 3.63) is 47.0 Å². The Bertz CT molecular complexity index is 760. The number of hydrogen-bond acceptors (Lipinski definition) is 7. The third kappa shape index (κ3) is 6.29. The zero-order valence-corrected chi connectivity index (χ0v) is 15.4. The minimum absolute atomic E-state index is 0.00611. The van der Waals surface area contributed by atoms with Crippen molar-refractivity contribution in [1.82, 2.24) is 4.98 Å². The number of anilines is 1. The monoisotopic (exact) mass is 376 g/mol. The molecule has 0 bridgehead atoms. The molecule has 0 radical (unpaired) electrons. The van der Waals surface area contributed by atoms with Gasteiger partial charge in [-0.2, -0.15) is 0 Å². The Hall–Kier alpha value is -2.74. The molecule has 0 fully saturated rings. The van der Waals surface area contributed by atoms with Crippen LogP contribution in [0.5, 0.6) is 0 Å². The summed E-state index contributed by atoms with van der Waals surface area (Å²) in [4.78, 5) is 39.0. The lowest BCUT2D eigenvalue weighted by molar-refractivity contribution is -0.147. The number of hydrogen-bond donors (Lipinski definition) is 1. The van der Waals surface area contributed by atoms with Gasteiger partial charge >= 0.3 is 11.9 Å². The Morgan fingerprint density at radius 3 is 2.62 bits per heavy atom. The number of amides is 1. The molecule has 0 spiro atoms. The van der Waals surface area contributed by atoms with Gasteiger partial charge in [-0.15, -0.1) is 11.3 Å².